The Labute approximate surface area is 206 Å². The average molecular weight is 480 g/mol. The number of anilines is 1. The van der Waals surface area contributed by atoms with E-state index in [1.165, 1.54) is 11.8 Å². The van der Waals surface area contributed by atoms with E-state index in [0.717, 1.165) is 42.7 Å². The first kappa shape index (κ1) is 24.5. The van der Waals surface area contributed by atoms with Gasteiger partial charge in [0, 0.05) is 29.9 Å². The van der Waals surface area contributed by atoms with E-state index in [2.05, 4.69) is 32.6 Å². The van der Waals surface area contributed by atoms with Crippen molar-refractivity contribution in [1.29, 1.82) is 0 Å². The Morgan fingerprint density at radius 1 is 1.15 bits per heavy atom. The monoisotopic (exact) mass is 479 g/mol. The van der Waals surface area contributed by atoms with E-state index >= 15 is 4.39 Å². The van der Waals surface area contributed by atoms with Crippen LogP contribution in [0.2, 0.25) is 0 Å². The summed E-state index contributed by atoms with van der Waals surface area (Å²) in [5.74, 6) is -0.0869. The molecular weight excluding hydrogens is 445 g/mol. The number of nitrogens with zero attached hydrogens (tertiary/aromatic N) is 3. The summed E-state index contributed by atoms with van der Waals surface area (Å²) >= 11 is 1.32. The summed E-state index contributed by atoms with van der Waals surface area (Å²) in [5.41, 5.74) is 3.38. The minimum absolute atomic E-state index is 0.0183. The summed E-state index contributed by atoms with van der Waals surface area (Å²) in [7, 11) is 0. The summed E-state index contributed by atoms with van der Waals surface area (Å²) in [6.45, 7) is 12.4. The van der Waals surface area contributed by atoms with Crippen LogP contribution in [0.4, 0.5) is 15.8 Å². The average Bonchev–Trinajstić information content (AvgIpc) is 3.07. The lowest BCUT2D eigenvalue weighted by atomic mass is 9.79. The van der Waals surface area contributed by atoms with Gasteiger partial charge in [-0.3, -0.25) is 9.69 Å². The van der Waals surface area contributed by atoms with E-state index in [-0.39, 0.29) is 17.3 Å². The molecule has 4 rings (SSSR count). The highest BCUT2D eigenvalue weighted by Crippen LogP contribution is 2.45. The molecule has 0 bridgehead atoms. The second kappa shape index (κ2) is 9.95. The minimum Gasteiger partial charge on any atom is -0.366 e. The summed E-state index contributed by atoms with van der Waals surface area (Å²) in [6, 6.07) is 13.2. The predicted octanol–water partition coefficient (Wildman–Crippen LogP) is 7.34. The van der Waals surface area contributed by atoms with Crippen LogP contribution in [-0.4, -0.2) is 34.6 Å². The minimum atomic E-state index is -0.291. The first-order valence-electron chi connectivity index (χ1n) is 12.2. The maximum absolute atomic E-state index is 15.4. The van der Waals surface area contributed by atoms with Gasteiger partial charge < -0.3 is 4.90 Å². The molecule has 1 atom stereocenters. The standard InChI is InChI=1S/C28H34FN3OS/c1-6-13-31-26(33)25(34-27(31)30-21-11-9-8-10-12-21)16-20-15-22-19(3)18-28(4,5)32(14-7-2)24(22)17-23(20)29/h8-12,15-17,19H,6-7,13-14,18H2,1-5H3/b25-16+,30-27?. The summed E-state index contributed by atoms with van der Waals surface area (Å²) in [4.78, 5) is 22.5. The molecule has 6 heteroatoms. The van der Waals surface area contributed by atoms with Gasteiger partial charge in [0.15, 0.2) is 5.17 Å². The van der Waals surface area contributed by atoms with E-state index in [4.69, 9.17) is 4.99 Å². The van der Waals surface area contributed by atoms with Crippen molar-refractivity contribution in [3.8, 4) is 0 Å². The molecular formula is C28H34FN3OS. The van der Waals surface area contributed by atoms with Crippen molar-refractivity contribution in [2.45, 2.75) is 65.3 Å². The van der Waals surface area contributed by atoms with Gasteiger partial charge in [0.05, 0.1) is 10.6 Å². The number of rotatable bonds is 6. The van der Waals surface area contributed by atoms with Crippen LogP contribution in [0, 0.1) is 5.82 Å². The molecule has 2 aromatic rings. The number of fused-ring (bicyclic) bond motifs is 1. The molecule has 1 amide bonds. The van der Waals surface area contributed by atoms with E-state index in [1.807, 2.05) is 43.3 Å². The fourth-order valence-electron chi connectivity index (χ4n) is 5.04. The Kier molecular flexibility index (Phi) is 7.17. The van der Waals surface area contributed by atoms with E-state index in [0.29, 0.717) is 28.1 Å². The molecule has 1 unspecified atom stereocenters. The quantitative estimate of drug-likeness (QED) is 0.407. The lowest BCUT2D eigenvalue weighted by molar-refractivity contribution is -0.122. The van der Waals surface area contributed by atoms with Crippen molar-refractivity contribution >= 4 is 40.3 Å². The number of amidine groups is 1. The van der Waals surface area contributed by atoms with Gasteiger partial charge in [-0.1, -0.05) is 39.0 Å². The number of amides is 1. The number of halogens is 1. The molecule has 1 fully saturated rings. The van der Waals surface area contributed by atoms with Gasteiger partial charge >= 0.3 is 0 Å². The number of carbonyl (C=O) groups is 1. The third kappa shape index (κ3) is 4.78. The fraction of sp³-hybridized carbons (Fsp3) is 0.429. The molecule has 34 heavy (non-hydrogen) atoms. The lowest BCUT2D eigenvalue weighted by Crippen LogP contribution is -2.48. The van der Waals surface area contributed by atoms with Crippen molar-refractivity contribution < 1.29 is 9.18 Å². The predicted molar refractivity (Wildman–Crippen MR) is 142 cm³/mol. The molecule has 4 nitrogen and oxygen atoms in total. The van der Waals surface area contributed by atoms with Crippen LogP contribution in [0.3, 0.4) is 0 Å². The van der Waals surface area contributed by atoms with Gasteiger partial charge in [-0.05, 0) is 86.7 Å². The first-order valence-corrected chi connectivity index (χ1v) is 13.0. The van der Waals surface area contributed by atoms with Gasteiger partial charge in [0.2, 0.25) is 0 Å². The Hall–Kier alpha value is -2.60. The topological polar surface area (TPSA) is 35.9 Å². The number of thioether (sulfide) groups is 1. The maximum Gasteiger partial charge on any atom is 0.266 e. The highest BCUT2D eigenvalue weighted by molar-refractivity contribution is 8.18. The van der Waals surface area contributed by atoms with Crippen LogP contribution in [0.15, 0.2) is 52.4 Å². The highest BCUT2D eigenvalue weighted by atomic mass is 32.2. The molecule has 2 aromatic carbocycles. The van der Waals surface area contributed by atoms with Gasteiger partial charge in [0.25, 0.3) is 5.91 Å². The van der Waals surface area contributed by atoms with Gasteiger partial charge in [0.1, 0.15) is 5.82 Å². The normalized spacial score (nSPS) is 22.1. The number of aliphatic imine (C=N–C) groups is 1. The molecule has 2 aliphatic rings. The van der Waals surface area contributed by atoms with Gasteiger partial charge in [-0.15, -0.1) is 0 Å². The summed E-state index contributed by atoms with van der Waals surface area (Å²) < 4.78 is 15.4. The van der Waals surface area contributed by atoms with Crippen LogP contribution in [-0.2, 0) is 4.79 Å². The molecule has 2 aliphatic heterocycles. The SMILES string of the molecule is CCCN1C(=O)/C(=C\c2cc3c(cc2F)N(CCC)C(C)(C)CC3C)SC1=Nc1ccccc1. The fourth-order valence-corrected chi connectivity index (χ4v) is 6.06. The molecule has 1 saturated heterocycles. The van der Waals surface area contributed by atoms with E-state index in [1.54, 1.807) is 17.0 Å². The number of para-hydroxylation sites is 1. The molecule has 2 heterocycles. The van der Waals surface area contributed by atoms with Crippen LogP contribution in [0.1, 0.15) is 70.9 Å². The number of benzene rings is 2. The maximum atomic E-state index is 15.4. The smallest absolute Gasteiger partial charge is 0.266 e. The van der Waals surface area contributed by atoms with Crippen molar-refractivity contribution in [1.82, 2.24) is 4.90 Å². The molecule has 180 valence electrons. The van der Waals surface area contributed by atoms with Gasteiger partial charge in [-0.25, -0.2) is 9.38 Å². The van der Waals surface area contributed by atoms with Crippen LogP contribution < -0.4 is 4.90 Å². The largest absolute Gasteiger partial charge is 0.366 e. The zero-order valence-corrected chi connectivity index (χ0v) is 21.6. The van der Waals surface area contributed by atoms with E-state index < -0.39 is 0 Å². The molecule has 0 saturated carbocycles. The second-order valence-corrected chi connectivity index (χ2v) is 10.8. The summed E-state index contributed by atoms with van der Waals surface area (Å²) in [5, 5.41) is 0.645. The zero-order chi connectivity index (χ0) is 24.5. The van der Waals surface area contributed by atoms with E-state index in [9.17, 15) is 4.79 Å². The van der Waals surface area contributed by atoms with Crippen LogP contribution >= 0.6 is 11.8 Å². The second-order valence-electron chi connectivity index (χ2n) is 9.80. The summed E-state index contributed by atoms with van der Waals surface area (Å²) in [6.07, 6.45) is 4.54. The molecule has 0 spiro atoms. The Bertz CT molecular complexity index is 1130. The Balaban J connectivity index is 1.72. The van der Waals surface area contributed by atoms with Crippen LogP contribution in [0.5, 0.6) is 0 Å². The van der Waals surface area contributed by atoms with Crippen LogP contribution in [0.25, 0.3) is 6.08 Å². The zero-order valence-electron chi connectivity index (χ0n) is 20.8. The molecule has 0 N–H and O–H groups in total. The van der Waals surface area contributed by atoms with Crippen molar-refractivity contribution in [2.75, 3.05) is 18.0 Å². The van der Waals surface area contributed by atoms with Crippen molar-refractivity contribution in [3.05, 3.63) is 64.3 Å². The number of hydrogen-bond acceptors (Lipinski definition) is 4. The molecule has 0 radical (unpaired) electrons. The Morgan fingerprint density at radius 2 is 1.85 bits per heavy atom. The first-order chi connectivity index (χ1) is 16.2. The third-order valence-corrected chi connectivity index (χ3v) is 7.56. The number of hydrogen-bond donors (Lipinski definition) is 0. The lowest BCUT2D eigenvalue weighted by Gasteiger charge is -2.47. The van der Waals surface area contributed by atoms with Gasteiger partial charge in [-0.2, -0.15) is 0 Å². The third-order valence-electron chi connectivity index (χ3n) is 6.55. The molecule has 0 aliphatic carbocycles. The molecule has 0 aromatic heterocycles. The highest BCUT2D eigenvalue weighted by Gasteiger charge is 2.37. The van der Waals surface area contributed by atoms with Crippen molar-refractivity contribution in [3.63, 3.8) is 0 Å². The van der Waals surface area contributed by atoms with Crippen molar-refractivity contribution in [2.24, 2.45) is 4.99 Å². The number of carbonyl (C=O) groups excluding carboxylic acids is 1. The Morgan fingerprint density at radius 3 is 2.53 bits per heavy atom.